The van der Waals surface area contributed by atoms with Crippen molar-refractivity contribution in [2.45, 2.75) is 32.1 Å². The van der Waals surface area contributed by atoms with Crippen LogP contribution in [0.2, 0.25) is 0 Å². The standard InChI is InChI=1S/C12H15BrClF/c1-3-11(14)8(2)6-9-4-5-10(13)7-12(9)15/h4-5,7-8,11H,3,6H2,1-2H3. The Balaban J connectivity index is 2.72. The van der Waals surface area contributed by atoms with E-state index in [1.54, 1.807) is 0 Å². The second kappa shape index (κ2) is 5.86. The maximum atomic E-state index is 13.5. The lowest BCUT2D eigenvalue weighted by atomic mass is 9.96. The van der Waals surface area contributed by atoms with Crippen LogP contribution in [0.4, 0.5) is 4.39 Å². The van der Waals surface area contributed by atoms with Gasteiger partial charge in [-0.15, -0.1) is 11.6 Å². The van der Waals surface area contributed by atoms with Gasteiger partial charge < -0.3 is 0 Å². The minimum atomic E-state index is -0.156. The lowest BCUT2D eigenvalue weighted by Crippen LogP contribution is -2.13. The number of alkyl halides is 1. The first-order chi connectivity index (χ1) is 7.04. The van der Waals surface area contributed by atoms with Gasteiger partial charge in [0.25, 0.3) is 0 Å². The molecule has 0 bridgehead atoms. The van der Waals surface area contributed by atoms with Gasteiger partial charge in [-0.25, -0.2) is 4.39 Å². The minimum Gasteiger partial charge on any atom is -0.207 e. The molecule has 1 rings (SSSR count). The van der Waals surface area contributed by atoms with Crippen molar-refractivity contribution in [2.75, 3.05) is 0 Å². The van der Waals surface area contributed by atoms with Crippen molar-refractivity contribution in [1.29, 1.82) is 0 Å². The van der Waals surface area contributed by atoms with Crippen molar-refractivity contribution in [3.8, 4) is 0 Å². The summed E-state index contributed by atoms with van der Waals surface area (Å²) in [6.07, 6.45) is 1.61. The summed E-state index contributed by atoms with van der Waals surface area (Å²) in [5, 5.41) is 0.119. The van der Waals surface area contributed by atoms with E-state index >= 15 is 0 Å². The summed E-state index contributed by atoms with van der Waals surface area (Å²) in [5.74, 6) is 0.142. The van der Waals surface area contributed by atoms with Crippen LogP contribution in [0.25, 0.3) is 0 Å². The van der Waals surface area contributed by atoms with E-state index in [4.69, 9.17) is 11.6 Å². The Morgan fingerprint density at radius 2 is 2.13 bits per heavy atom. The van der Waals surface area contributed by atoms with E-state index in [1.807, 2.05) is 19.1 Å². The average molecular weight is 294 g/mol. The smallest absolute Gasteiger partial charge is 0.127 e. The van der Waals surface area contributed by atoms with Crippen molar-refractivity contribution in [3.63, 3.8) is 0 Å². The van der Waals surface area contributed by atoms with Gasteiger partial charge in [0.05, 0.1) is 0 Å². The molecule has 0 heterocycles. The molecule has 0 aliphatic heterocycles. The SMILES string of the molecule is CCC(Cl)C(C)Cc1ccc(Br)cc1F. The molecule has 0 aromatic heterocycles. The Labute approximate surface area is 104 Å². The minimum absolute atomic E-state index is 0.119. The number of benzene rings is 1. The first kappa shape index (κ1) is 13.0. The van der Waals surface area contributed by atoms with E-state index in [0.717, 1.165) is 16.5 Å². The van der Waals surface area contributed by atoms with Crippen LogP contribution in [0, 0.1) is 11.7 Å². The maximum absolute atomic E-state index is 13.5. The Kier molecular flexibility index (Phi) is 5.07. The molecule has 0 saturated heterocycles. The van der Waals surface area contributed by atoms with Gasteiger partial charge in [-0.1, -0.05) is 35.8 Å². The first-order valence-corrected chi connectivity index (χ1v) is 6.35. The summed E-state index contributed by atoms with van der Waals surface area (Å²) in [6, 6.07) is 5.17. The van der Waals surface area contributed by atoms with E-state index in [-0.39, 0.29) is 11.2 Å². The van der Waals surface area contributed by atoms with Crippen molar-refractivity contribution < 1.29 is 4.39 Å². The van der Waals surface area contributed by atoms with Crippen LogP contribution in [0.1, 0.15) is 25.8 Å². The third-order valence-electron chi connectivity index (χ3n) is 2.56. The van der Waals surface area contributed by atoms with Crippen molar-refractivity contribution in [3.05, 3.63) is 34.1 Å². The number of rotatable bonds is 4. The highest BCUT2D eigenvalue weighted by Gasteiger charge is 2.14. The van der Waals surface area contributed by atoms with Gasteiger partial charge in [0, 0.05) is 9.85 Å². The van der Waals surface area contributed by atoms with E-state index < -0.39 is 0 Å². The summed E-state index contributed by atoms with van der Waals surface area (Å²) in [6.45, 7) is 4.11. The molecule has 0 spiro atoms. The number of halogens is 3. The van der Waals surface area contributed by atoms with Gasteiger partial charge in [-0.2, -0.15) is 0 Å². The molecule has 0 fully saturated rings. The van der Waals surface area contributed by atoms with Crippen molar-refractivity contribution in [1.82, 2.24) is 0 Å². The Hall–Kier alpha value is -0.0800. The van der Waals surface area contributed by atoms with Gasteiger partial charge >= 0.3 is 0 Å². The van der Waals surface area contributed by atoms with Crippen molar-refractivity contribution in [2.24, 2.45) is 5.92 Å². The fourth-order valence-electron chi connectivity index (χ4n) is 1.56. The molecule has 1 aromatic carbocycles. The monoisotopic (exact) mass is 292 g/mol. The molecular weight excluding hydrogens is 278 g/mol. The molecule has 0 N–H and O–H groups in total. The number of hydrogen-bond acceptors (Lipinski definition) is 0. The Bertz CT molecular complexity index is 327. The number of hydrogen-bond donors (Lipinski definition) is 0. The topological polar surface area (TPSA) is 0 Å². The van der Waals surface area contributed by atoms with Crippen LogP contribution in [0.5, 0.6) is 0 Å². The fraction of sp³-hybridized carbons (Fsp3) is 0.500. The molecule has 2 atom stereocenters. The van der Waals surface area contributed by atoms with Crippen LogP contribution >= 0.6 is 27.5 Å². The molecule has 0 amide bonds. The van der Waals surface area contributed by atoms with Crippen LogP contribution in [0.15, 0.2) is 22.7 Å². The van der Waals surface area contributed by atoms with Crippen LogP contribution in [-0.4, -0.2) is 5.38 Å². The molecule has 0 aliphatic rings. The van der Waals surface area contributed by atoms with Gasteiger partial charge in [0.1, 0.15) is 5.82 Å². The lowest BCUT2D eigenvalue weighted by Gasteiger charge is -2.16. The molecule has 2 unspecified atom stereocenters. The van der Waals surface area contributed by atoms with E-state index in [1.165, 1.54) is 6.07 Å². The van der Waals surface area contributed by atoms with Crippen LogP contribution < -0.4 is 0 Å². The predicted octanol–water partition coefficient (Wildman–Crippen LogP) is 4.78. The molecule has 84 valence electrons. The Morgan fingerprint density at radius 3 is 2.67 bits per heavy atom. The summed E-state index contributed by atoms with van der Waals surface area (Å²) in [7, 11) is 0. The average Bonchev–Trinajstić information content (AvgIpc) is 2.20. The van der Waals surface area contributed by atoms with Gasteiger partial charge in [-0.3, -0.25) is 0 Å². The second-order valence-corrected chi connectivity index (χ2v) is 5.32. The molecular formula is C12H15BrClF. The van der Waals surface area contributed by atoms with E-state index in [0.29, 0.717) is 12.3 Å². The third-order valence-corrected chi connectivity index (χ3v) is 3.80. The summed E-state index contributed by atoms with van der Waals surface area (Å²) >= 11 is 9.36. The van der Waals surface area contributed by atoms with Crippen LogP contribution in [0.3, 0.4) is 0 Å². The molecule has 0 aliphatic carbocycles. The van der Waals surface area contributed by atoms with E-state index in [9.17, 15) is 4.39 Å². The molecule has 3 heteroatoms. The van der Waals surface area contributed by atoms with Gasteiger partial charge in [0.15, 0.2) is 0 Å². The summed E-state index contributed by atoms with van der Waals surface area (Å²) < 4.78 is 14.3. The van der Waals surface area contributed by atoms with Crippen LogP contribution in [-0.2, 0) is 6.42 Å². The third kappa shape index (κ3) is 3.76. The van der Waals surface area contributed by atoms with Gasteiger partial charge in [-0.05, 0) is 36.5 Å². The maximum Gasteiger partial charge on any atom is 0.127 e. The summed E-state index contributed by atoms with van der Waals surface area (Å²) in [5.41, 5.74) is 0.741. The quantitative estimate of drug-likeness (QED) is 0.701. The largest absolute Gasteiger partial charge is 0.207 e. The normalized spacial score (nSPS) is 15.0. The second-order valence-electron chi connectivity index (χ2n) is 3.84. The highest BCUT2D eigenvalue weighted by Crippen LogP contribution is 2.22. The summed E-state index contributed by atoms with van der Waals surface area (Å²) in [4.78, 5) is 0. The predicted molar refractivity (Wildman–Crippen MR) is 66.9 cm³/mol. The Morgan fingerprint density at radius 1 is 1.47 bits per heavy atom. The molecule has 15 heavy (non-hydrogen) atoms. The molecule has 1 aromatic rings. The van der Waals surface area contributed by atoms with Gasteiger partial charge in [0.2, 0.25) is 0 Å². The zero-order chi connectivity index (χ0) is 11.4. The highest BCUT2D eigenvalue weighted by atomic mass is 79.9. The zero-order valence-corrected chi connectivity index (χ0v) is 11.3. The molecule has 0 nitrogen and oxygen atoms in total. The lowest BCUT2D eigenvalue weighted by molar-refractivity contribution is 0.511. The zero-order valence-electron chi connectivity index (χ0n) is 8.93. The van der Waals surface area contributed by atoms with E-state index in [2.05, 4.69) is 22.9 Å². The molecule has 0 saturated carbocycles. The van der Waals surface area contributed by atoms with Crippen molar-refractivity contribution >= 4 is 27.5 Å². The first-order valence-electron chi connectivity index (χ1n) is 5.12. The molecule has 0 radical (unpaired) electrons. The highest BCUT2D eigenvalue weighted by molar-refractivity contribution is 9.10. The fourth-order valence-corrected chi connectivity index (χ4v) is 1.99.